The molecular weight excluding hydrogens is 378 g/mol. The lowest BCUT2D eigenvalue weighted by Gasteiger charge is -2.28. The van der Waals surface area contributed by atoms with Crippen LogP contribution >= 0.6 is 0 Å². The van der Waals surface area contributed by atoms with Crippen molar-refractivity contribution in [3.8, 4) is 0 Å². The Morgan fingerprint density at radius 3 is 2.43 bits per heavy atom. The first-order valence-corrected chi connectivity index (χ1v) is 9.73. The monoisotopic (exact) mass is 399 g/mol. The second kappa shape index (κ2) is 8.29. The van der Waals surface area contributed by atoms with Crippen LogP contribution in [0.3, 0.4) is 0 Å². The van der Waals surface area contributed by atoms with Gasteiger partial charge in [0, 0.05) is 12.1 Å². The number of carbonyl (C=O) groups excluding carboxylic acids is 3. The van der Waals surface area contributed by atoms with Crippen LogP contribution in [-0.2, 0) is 17.9 Å². The molecule has 1 aliphatic heterocycles. The number of imide groups is 1. The number of urea groups is 1. The fourth-order valence-corrected chi connectivity index (χ4v) is 3.36. The van der Waals surface area contributed by atoms with Gasteiger partial charge in [-0.2, -0.15) is 4.99 Å². The Morgan fingerprint density at radius 2 is 1.70 bits per heavy atom. The van der Waals surface area contributed by atoms with Gasteiger partial charge < -0.3 is 5.32 Å². The number of fused-ring (bicyclic) bond motifs is 1. The van der Waals surface area contributed by atoms with Crippen molar-refractivity contribution in [1.29, 1.82) is 0 Å². The number of allylic oxidation sites excluding steroid dienone is 3. The van der Waals surface area contributed by atoms with E-state index in [1.54, 1.807) is 48.6 Å². The van der Waals surface area contributed by atoms with Gasteiger partial charge in [0.2, 0.25) is 5.91 Å². The zero-order valence-corrected chi connectivity index (χ0v) is 16.5. The number of hydrogen-bond acceptors (Lipinski definition) is 3. The molecule has 6 heteroatoms. The van der Waals surface area contributed by atoms with E-state index in [9.17, 15) is 14.4 Å². The predicted molar refractivity (Wildman–Crippen MR) is 114 cm³/mol. The van der Waals surface area contributed by atoms with E-state index < -0.39 is 11.9 Å². The number of nitrogens with one attached hydrogen (secondary N) is 1. The summed E-state index contributed by atoms with van der Waals surface area (Å²) in [6, 6.07) is 14.3. The lowest BCUT2D eigenvalue weighted by Crippen LogP contribution is -2.45. The number of rotatable bonds is 5. The highest BCUT2D eigenvalue weighted by molar-refractivity contribution is 6.21. The molecule has 150 valence electrons. The van der Waals surface area contributed by atoms with Crippen LogP contribution in [0, 0.1) is 12.8 Å². The molecule has 1 unspecified atom stereocenters. The maximum Gasteiger partial charge on any atom is 0.350 e. The zero-order valence-electron chi connectivity index (χ0n) is 16.5. The maximum atomic E-state index is 12.7. The van der Waals surface area contributed by atoms with Crippen molar-refractivity contribution >= 4 is 23.6 Å². The summed E-state index contributed by atoms with van der Waals surface area (Å²) in [6.45, 7) is 2.58. The smallest absolute Gasteiger partial charge is 0.348 e. The molecule has 1 aliphatic carbocycles. The van der Waals surface area contributed by atoms with Crippen molar-refractivity contribution in [3.05, 3.63) is 95.1 Å². The van der Waals surface area contributed by atoms with Crippen LogP contribution < -0.4 is 5.32 Å². The zero-order chi connectivity index (χ0) is 21.1. The van der Waals surface area contributed by atoms with Crippen LogP contribution in [0.2, 0.25) is 0 Å². The molecule has 0 saturated carbocycles. The molecule has 0 spiro atoms. The normalized spacial score (nSPS) is 17.6. The number of carbonyl (C=O) groups is 3. The van der Waals surface area contributed by atoms with Gasteiger partial charge in [0.05, 0.1) is 18.2 Å². The van der Waals surface area contributed by atoms with Crippen molar-refractivity contribution in [2.75, 3.05) is 0 Å². The van der Waals surface area contributed by atoms with Crippen LogP contribution in [0.5, 0.6) is 0 Å². The van der Waals surface area contributed by atoms with Gasteiger partial charge in [0.15, 0.2) is 0 Å². The third-order valence-electron chi connectivity index (χ3n) is 5.12. The lowest BCUT2D eigenvalue weighted by atomic mass is 9.95. The number of benzene rings is 2. The van der Waals surface area contributed by atoms with Gasteiger partial charge in [0.1, 0.15) is 0 Å². The van der Waals surface area contributed by atoms with Crippen molar-refractivity contribution in [2.24, 2.45) is 10.9 Å². The minimum absolute atomic E-state index is 0.119. The van der Waals surface area contributed by atoms with E-state index in [1.807, 2.05) is 31.2 Å². The van der Waals surface area contributed by atoms with Crippen LogP contribution in [0.15, 0.2) is 77.8 Å². The van der Waals surface area contributed by atoms with E-state index >= 15 is 0 Å². The van der Waals surface area contributed by atoms with Gasteiger partial charge in [-0.05, 0) is 36.3 Å². The highest BCUT2D eigenvalue weighted by Gasteiger charge is 2.35. The molecule has 2 aliphatic rings. The van der Waals surface area contributed by atoms with Gasteiger partial charge in [-0.25, -0.2) is 4.79 Å². The fraction of sp³-hybridized carbons (Fsp3) is 0.167. The van der Waals surface area contributed by atoms with E-state index in [4.69, 9.17) is 0 Å². The van der Waals surface area contributed by atoms with Crippen LogP contribution in [0.1, 0.15) is 27.0 Å². The largest absolute Gasteiger partial charge is 0.350 e. The highest BCUT2D eigenvalue weighted by Crippen LogP contribution is 2.21. The maximum absolute atomic E-state index is 12.7. The van der Waals surface area contributed by atoms with Gasteiger partial charge in [-0.15, -0.1) is 0 Å². The standard InChI is InChI=1S/C24H21N3O3/c1-16-6-8-17(9-7-16)14-25-22(28)19-12-10-18(11-13-19)15-27-23(29)20-4-2-3-5-21(20)26-24(27)30/h2-13,20H,14-15H2,1H3,(H,25,28). The first-order chi connectivity index (χ1) is 14.5. The fourth-order valence-electron chi connectivity index (χ4n) is 3.36. The minimum Gasteiger partial charge on any atom is -0.348 e. The molecule has 6 nitrogen and oxygen atoms in total. The Hall–Kier alpha value is -3.80. The predicted octanol–water partition coefficient (Wildman–Crippen LogP) is 3.57. The van der Waals surface area contributed by atoms with Gasteiger partial charge in [-0.3, -0.25) is 14.5 Å². The molecule has 0 aromatic heterocycles. The molecule has 0 bridgehead atoms. The van der Waals surface area contributed by atoms with Gasteiger partial charge in [0.25, 0.3) is 5.91 Å². The first kappa shape index (κ1) is 19.5. The molecule has 1 N–H and O–H groups in total. The molecule has 4 amide bonds. The number of aryl methyl sites for hydroxylation is 1. The van der Waals surface area contributed by atoms with E-state index in [0.29, 0.717) is 17.8 Å². The van der Waals surface area contributed by atoms with Crippen molar-refractivity contribution in [2.45, 2.75) is 20.0 Å². The summed E-state index contributed by atoms with van der Waals surface area (Å²) in [7, 11) is 0. The quantitative estimate of drug-likeness (QED) is 0.835. The van der Waals surface area contributed by atoms with Crippen LogP contribution in [0.4, 0.5) is 4.79 Å². The summed E-state index contributed by atoms with van der Waals surface area (Å²) in [6.07, 6.45) is 6.96. The molecule has 0 radical (unpaired) electrons. The second-order valence-corrected chi connectivity index (χ2v) is 7.33. The van der Waals surface area contributed by atoms with Crippen molar-refractivity contribution in [3.63, 3.8) is 0 Å². The SMILES string of the molecule is Cc1ccc(CNC(=O)c2ccc(CN3C(=O)N=C4C=CC=CC4C3=O)cc2)cc1. The van der Waals surface area contributed by atoms with E-state index in [-0.39, 0.29) is 18.4 Å². The van der Waals surface area contributed by atoms with Crippen molar-refractivity contribution < 1.29 is 14.4 Å². The van der Waals surface area contributed by atoms with Crippen LogP contribution in [0.25, 0.3) is 0 Å². The van der Waals surface area contributed by atoms with Gasteiger partial charge >= 0.3 is 6.03 Å². The third-order valence-corrected chi connectivity index (χ3v) is 5.12. The molecule has 4 rings (SSSR count). The molecular formula is C24H21N3O3. The summed E-state index contributed by atoms with van der Waals surface area (Å²) in [5, 5.41) is 2.89. The molecule has 0 saturated heterocycles. The summed E-state index contributed by atoms with van der Waals surface area (Å²) in [4.78, 5) is 42.5. The number of hydrogen-bond donors (Lipinski definition) is 1. The molecule has 0 fully saturated rings. The molecule has 30 heavy (non-hydrogen) atoms. The number of amides is 4. The molecule has 2 aromatic rings. The first-order valence-electron chi connectivity index (χ1n) is 9.73. The third kappa shape index (κ3) is 4.12. The Kier molecular flexibility index (Phi) is 5.39. The molecule has 2 aromatic carbocycles. The highest BCUT2D eigenvalue weighted by atomic mass is 16.2. The Bertz CT molecular complexity index is 1080. The Balaban J connectivity index is 1.39. The summed E-state index contributed by atoms with van der Waals surface area (Å²) in [5.74, 6) is -0.981. The average molecular weight is 399 g/mol. The topological polar surface area (TPSA) is 78.8 Å². The Labute approximate surface area is 174 Å². The summed E-state index contributed by atoms with van der Waals surface area (Å²) in [5.41, 5.74) is 3.94. The summed E-state index contributed by atoms with van der Waals surface area (Å²) >= 11 is 0. The number of nitrogens with zero attached hydrogens (tertiary/aromatic N) is 2. The molecule has 1 atom stereocenters. The summed E-state index contributed by atoms with van der Waals surface area (Å²) < 4.78 is 0. The second-order valence-electron chi connectivity index (χ2n) is 7.33. The Morgan fingerprint density at radius 1 is 1.00 bits per heavy atom. The lowest BCUT2D eigenvalue weighted by molar-refractivity contribution is -0.129. The minimum atomic E-state index is -0.564. The van der Waals surface area contributed by atoms with Gasteiger partial charge in [-0.1, -0.05) is 60.2 Å². The van der Waals surface area contributed by atoms with E-state index in [0.717, 1.165) is 16.0 Å². The number of aliphatic imine (C=N–C) groups is 1. The van der Waals surface area contributed by atoms with E-state index in [2.05, 4.69) is 10.3 Å². The van der Waals surface area contributed by atoms with E-state index in [1.165, 1.54) is 5.56 Å². The van der Waals surface area contributed by atoms with Crippen molar-refractivity contribution in [1.82, 2.24) is 10.2 Å². The van der Waals surface area contributed by atoms with Crippen LogP contribution in [-0.4, -0.2) is 28.5 Å². The average Bonchev–Trinajstić information content (AvgIpc) is 2.76. The molecule has 1 heterocycles.